The molecule has 2 aromatic heterocycles. The van der Waals surface area contributed by atoms with E-state index in [2.05, 4.69) is 17.2 Å². The molecule has 2 aromatic carbocycles. The van der Waals surface area contributed by atoms with Crippen molar-refractivity contribution in [1.29, 1.82) is 0 Å². The molecule has 0 aliphatic heterocycles. The van der Waals surface area contributed by atoms with Crippen LogP contribution in [0.3, 0.4) is 0 Å². The predicted molar refractivity (Wildman–Crippen MR) is 108 cm³/mol. The monoisotopic (exact) mass is 386 g/mol. The lowest BCUT2D eigenvalue weighted by Gasteiger charge is -2.03. The zero-order valence-corrected chi connectivity index (χ0v) is 15.9. The lowest BCUT2D eigenvalue weighted by Crippen LogP contribution is -2.10. The van der Waals surface area contributed by atoms with E-state index in [0.29, 0.717) is 9.90 Å². The highest BCUT2D eigenvalue weighted by Crippen LogP contribution is 2.35. The van der Waals surface area contributed by atoms with Crippen LogP contribution in [-0.4, -0.2) is 10.9 Å². The van der Waals surface area contributed by atoms with Crippen LogP contribution < -0.4 is 5.32 Å². The molecule has 0 radical (unpaired) electrons. The van der Waals surface area contributed by atoms with E-state index in [1.807, 2.05) is 42.5 Å². The third-order valence-electron chi connectivity index (χ3n) is 3.90. The summed E-state index contributed by atoms with van der Waals surface area (Å²) in [5, 5.41) is 5.53. The zero-order valence-electron chi connectivity index (χ0n) is 13.5. The van der Waals surface area contributed by atoms with Gasteiger partial charge in [-0.2, -0.15) is 0 Å². The van der Waals surface area contributed by atoms with Crippen molar-refractivity contribution in [1.82, 2.24) is 4.98 Å². The highest BCUT2D eigenvalue weighted by molar-refractivity contribution is 7.21. The number of amides is 1. The Kier molecular flexibility index (Phi) is 4.46. The quantitative estimate of drug-likeness (QED) is 0.442. The Morgan fingerprint density at radius 2 is 2.00 bits per heavy atom. The summed E-state index contributed by atoms with van der Waals surface area (Å²) in [5.41, 5.74) is 1.74. The molecule has 2 heterocycles. The van der Waals surface area contributed by atoms with E-state index in [9.17, 15) is 4.79 Å². The molecular formula is C19H15ClN2OS2. The number of nitrogens with zero attached hydrogens (tertiary/aromatic N) is 1. The van der Waals surface area contributed by atoms with E-state index < -0.39 is 0 Å². The summed E-state index contributed by atoms with van der Waals surface area (Å²) in [5.74, 6) is -0.177. The van der Waals surface area contributed by atoms with Crippen molar-refractivity contribution in [2.45, 2.75) is 19.8 Å². The molecule has 6 heteroatoms. The SMILES string of the molecule is CCCc1nc2ccc(NC(=O)c3sc4ccccc4c3Cl)cc2s1. The van der Waals surface area contributed by atoms with Gasteiger partial charge in [0.2, 0.25) is 0 Å². The molecule has 0 saturated carbocycles. The molecule has 3 nitrogen and oxygen atoms in total. The van der Waals surface area contributed by atoms with Crippen LogP contribution >= 0.6 is 34.3 Å². The normalized spacial score (nSPS) is 11.3. The maximum absolute atomic E-state index is 12.7. The Bertz CT molecular complexity index is 1080. The van der Waals surface area contributed by atoms with Crippen LogP contribution in [0, 0.1) is 0 Å². The van der Waals surface area contributed by atoms with Gasteiger partial charge in [-0.3, -0.25) is 4.79 Å². The zero-order chi connectivity index (χ0) is 17.4. The first-order valence-corrected chi connectivity index (χ1v) is 10.0. The van der Waals surface area contributed by atoms with Crippen LogP contribution in [0.5, 0.6) is 0 Å². The Labute approximate surface area is 158 Å². The minimum atomic E-state index is -0.177. The molecule has 0 saturated heterocycles. The number of nitrogens with one attached hydrogen (secondary N) is 1. The van der Waals surface area contributed by atoms with Gasteiger partial charge in [0.05, 0.1) is 20.2 Å². The number of thiazole rings is 1. The summed E-state index contributed by atoms with van der Waals surface area (Å²) >= 11 is 9.48. The smallest absolute Gasteiger partial charge is 0.267 e. The largest absolute Gasteiger partial charge is 0.321 e. The van der Waals surface area contributed by atoms with Crippen molar-refractivity contribution in [2.75, 3.05) is 5.32 Å². The molecule has 0 aliphatic rings. The lowest BCUT2D eigenvalue weighted by atomic mass is 10.2. The minimum absolute atomic E-state index is 0.177. The summed E-state index contributed by atoms with van der Waals surface area (Å²) < 4.78 is 2.10. The third kappa shape index (κ3) is 3.15. The van der Waals surface area contributed by atoms with Crippen molar-refractivity contribution in [3.05, 3.63) is 57.4 Å². The summed E-state index contributed by atoms with van der Waals surface area (Å²) in [7, 11) is 0. The Morgan fingerprint density at radius 1 is 1.16 bits per heavy atom. The second kappa shape index (κ2) is 6.75. The number of anilines is 1. The first-order chi connectivity index (χ1) is 12.2. The van der Waals surface area contributed by atoms with Gasteiger partial charge >= 0.3 is 0 Å². The van der Waals surface area contributed by atoms with Crippen molar-refractivity contribution in [3.8, 4) is 0 Å². The van der Waals surface area contributed by atoms with Crippen LogP contribution in [0.4, 0.5) is 5.69 Å². The molecule has 0 unspecified atom stereocenters. The number of thiophene rings is 1. The predicted octanol–water partition coefficient (Wildman–Crippen LogP) is 6.37. The van der Waals surface area contributed by atoms with Crippen molar-refractivity contribution in [2.24, 2.45) is 0 Å². The molecule has 0 spiro atoms. The fraction of sp³-hybridized carbons (Fsp3) is 0.158. The summed E-state index contributed by atoms with van der Waals surface area (Å²) in [6, 6.07) is 13.6. The van der Waals surface area contributed by atoms with Crippen LogP contribution in [0.2, 0.25) is 5.02 Å². The first-order valence-electron chi connectivity index (χ1n) is 8.03. The second-order valence-electron chi connectivity index (χ2n) is 5.74. The van der Waals surface area contributed by atoms with Gasteiger partial charge in [0.25, 0.3) is 5.91 Å². The van der Waals surface area contributed by atoms with Crippen LogP contribution in [-0.2, 0) is 6.42 Å². The van der Waals surface area contributed by atoms with Gasteiger partial charge in [-0.25, -0.2) is 4.98 Å². The average Bonchev–Trinajstić information content (AvgIpc) is 3.16. The van der Waals surface area contributed by atoms with Crippen LogP contribution in [0.15, 0.2) is 42.5 Å². The molecule has 1 amide bonds. The fourth-order valence-corrected chi connectivity index (χ4v) is 5.24. The van der Waals surface area contributed by atoms with E-state index in [4.69, 9.17) is 11.6 Å². The van der Waals surface area contributed by atoms with Crippen LogP contribution in [0.1, 0.15) is 28.0 Å². The van der Waals surface area contributed by atoms with Gasteiger partial charge in [0.1, 0.15) is 4.88 Å². The molecule has 1 N–H and O–H groups in total. The second-order valence-corrected chi connectivity index (χ2v) is 8.28. The molecule has 25 heavy (non-hydrogen) atoms. The Morgan fingerprint density at radius 3 is 2.80 bits per heavy atom. The molecule has 0 atom stereocenters. The molecule has 4 aromatic rings. The van der Waals surface area contributed by atoms with Gasteiger partial charge in [0.15, 0.2) is 0 Å². The highest BCUT2D eigenvalue weighted by atomic mass is 35.5. The number of aromatic nitrogens is 1. The number of carbonyl (C=O) groups excluding carboxylic acids is 1. The Hall–Kier alpha value is -1.95. The summed E-state index contributed by atoms with van der Waals surface area (Å²) in [6.07, 6.45) is 2.06. The molecule has 0 fully saturated rings. The molecule has 0 bridgehead atoms. The maximum atomic E-state index is 12.7. The summed E-state index contributed by atoms with van der Waals surface area (Å²) in [4.78, 5) is 17.8. The number of fused-ring (bicyclic) bond motifs is 2. The van der Waals surface area contributed by atoms with E-state index in [1.54, 1.807) is 11.3 Å². The maximum Gasteiger partial charge on any atom is 0.267 e. The number of halogens is 1. The van der Waals surface area contributed by atoms with Crippen molar-refractivity contribution in [3.63, 3.8) is 0 Å². The number of aryl methyl sites for hydroxylation is 1. The van der Waals surface area contributed by atoms with Crippen molar-refractivity contribution >= 4 is 66.2 Å². The van der Waals surface area contributed by atoms with Crippen LogP contribution in [0.25, 0.3) is 20.3 Å². The van der Waals surface area contributed by atoms with E-state index >= 15 is 0 Å². The average molecular weight is 387 g/mol. The fourth-order valence-electron chi connectivity index (χ4n) is 2.72. The number of benzene rings is 2. The minimum Gasteiger partial charge on any atom is -0.321 e. The van der Waals surface area contributed by atoms with Gasteiger partial charge in [-0.15, -0.1) is 22.7 Å². The van der Waals surface area contributed by atoms with Gasteiger partial charge < -0.3 is 5.32 Å². The molecular weight excluding hydrogens is 372 g/mol. The van der Waals surface area contributed by atoms with E-state index in [1.165, 1.54) is 11.3 Å². The van der Waals surface area contributed by atoms with Gasteiger partial charge in [-0.1, -0.05) is 36.7 Å². The number of hydrogen-bond donors (Lipinski definition) is 1. The van der Waals surface area contributed by atoms with E-state index in [0.717, 1.165) is 43.8 Å². The van der Waals surface area contributed by atoms with Gasteiger partial charge in [0, 0.05) is 15.8 Å². The highest BCUT2D eigenvalue weighted by Gasteiger charge is 2.17. The third-order valence-corrected chi connectivity index (χ3v) is 6.65. The standard InChI is InChI=1S/C19H15ClN2OS2/c1-2-5-16-22-13-9-8-11(10-15(13)24-16)21-19(23)18-17(20)12-6-3-4-7-14(12)25-18/h3-4,6-10H,2,5H2,1H3,(H,21,23). The molecule has 4 rings (SSSR count). The van der Waals surface area contributed by atoms with Gasteiger partial charge in [-0.05, 0) is 37.1 Å². The lowest BCUT2D eigenvalue weighted by molar-refractivity contribution is 0.103. The topological polar surface area (TPSA) is 42.0 Å². The number of carbonyl (C=O) groups is 1. The molecule has 0 aliphatic carbocycles. The number of rotatable bonds is 4. The van der Waals surface area contributed by atoms with E-state index in [-0.39, 0.29) is 5.91 Å². The Balaban J connectivity index is 1.63. The number of hydrogen-bond acceptors (Lipinski definition) is 4. The van der Waals surface area contributed by atoms with Crippen molar-refractivity contribution < 1.29 is 4.79 Å². The molecule has 126 valence electrons. The first kappa shape index (κ1) is 16.5. The summed E-state index contributed by atoms with van der Waals surface area (Å²) in [6.45, 7) is 2.15.